The highest BCUT2D eigenvalue weighted by atomic mass is 16.7. The molecule has 3 heteroatoms. The molecule has 58 valence electrons. The van der Waals surface area contributed by atoms with Gasteiger partial charge in [-0.2, -0.15) is 5.26 Å². The first-order chi connectivity index (χ1) is 4.81. The van der Waals surface area contributed by atoms with Crippen LogP contribution in [0.5, 0.6) is 0 Å². The van der Waals surface area contributed by atoms with E-state index in [1.165, 1.54) is 0 Å². The zero-order chi connectivity index (χ0) is 7.82. The maximum absolute atomic E-state index is 8.20. The minimum absolute atomic E-state index is 0.125. The van der Waals surface area contributed by atoms with E-state index < -0.39 is 0 Å². The van der Waals surface area contributed by atoms with E-state index in [9.17, 15) is 0 Å². The van der Waals surface area contributed by atoms with Gasteiger partial charge in [0.1, 0.15) is 6.79 Å². The fourth-order valence-electron chi connectivity index (χ4n) is 0.535. The first kappa shape index (κ1) is 9.41. The van der Waals surface area contributed by atoms with Crippen molar-refractivity contribution in [2.75, 3.05) is 13.9 Å². The van der Waals surface area contributed by atoms with Gasteiger partial charge in [0.15, 0.2) is 0 Å². The predicted molar refractivity (Wildman–Crippen MR) is 37.3 cm³/mol. The fraction of sp³-hybridized carbons (Fsp3) is 0.857. The molecular weight excluding hydrogens is 130 g/mol. The number of nitrogens with zero attached hydrogens (tertiary/aromatic N) is 1. The third-order valence-corrected chi connectivity index (χ3v) is 1.13. The number of hydrogen-bond donors (Lipinski definition) is 0. The first-order valence-corrected chi connectivity index (χ1v) is 3.28. The number of methoxy groups -OCH3 is 1. The van der Waals surface area contributed by atoms with Crippen molar-refractivity contribution in [2.24, 2.45) is 0 Å². The van der Waals surface area contributed by atoms with Gasteiger partial charge >= 0.3 is 0 Å². The summed E-state index contributed by atoms with van der Waals surface area (Å²) in [6.07, 6.45) is 1.45. The lowest BCUT2D eigenvalue weighted by Gasteiger charge is -2.08. The van der Waals surface area contributed by atoms with Gasteiger partial charge in [-0.05, 0) is 13.3 Å². The summed E-state index contributed by atoms with van der Waals surface area (Å²) in [4.78, 5) is 0. The summed E-state index contributed by atoms with van der Waals surface area (Å²) in [5.41, 5.74) is 0. The molecule has 0 rings (SSSR count). The Morgan fingerprint density at radius 2 is 2.30 bits per heavy atom. The topological polar surface area (TPSA) is 42.2 Å². The minimum atomic E-state index is 0.125. The van der Waals surface area contributed by atoms with E-state index in [4.69, 9.17) is 10.00 Å². The Labute approximate surface area is 61.5 Å². The molecule has 0 aromatic heterocycles. The Bertz CT molecular complexity index is 109. The predicted octanol–water partition coefficient (Wildman–Crippen LogP) is 1.30. The maximum Gasteiger partial charge on any atom is 0.146 e. The maximum atomic E-state index is 8.20. The fourth-order valence-corrected chi connectivity index (χ4v) is 0.535. The largest absolute Gasteiger partial charge is 0.359 e. The molecule has 0 heterocycles. The molecule has 1 atom stereocenters. The van der Waals surface area contributed by atoms with E-state index >= 15 is 0 Å². The molecule has 10 heavy (non-hydrogen) atoms. The second-order valence-corrected chi connectivity index (χ2v) is 2.08. The average Bonchev–Trinajstić information content (AvgIpc) is 1.97. The molecule has 0 aromatic carbocycles. The van der Waals surface area contributed by atoms with Crippen LogP contribution in [-0.4, -0.2) is 20.0 Å². The van der Waals surface area contributed by atoms with Gasteiger partial charge in [0, 0.05) is 13.5 Å². The normalized spacial score (nSPS) is 12.5. The molecule has 0 amide bonds. The molecule has 0 fully saturated rings. The van der Waals surface area contributed by atoms with Gasteiger partial charge < -0.3 is 9.47 Å². The Hall–Kier alpha value is -0.590. The number of nitriles is 1. The number of ether oxygens (including phenoxy) is 2. The molecule has 0 spiro atoms. The van der Waals surface area contributed by atoms with Crippen LogP contribution in [0.4, 0.5) is 0 Å². The molecule has 0 saturated heterocycles. The van der Waals surface area contributed by atoms with Crippen molar-refractivity contribution in [1.82, 2.24) is 0 Å². The number of hydrogen-bond acceptors (Lipinski definition) is 3. The SMILES string of the molecule is COCOC(C)CCC#N. The molecule has 0 aliphatic heterocycles. The smallest absolute Gasteiger partial charge is 0.146 e. The van der Waals surface area contributed by atoms with Gasteiger partial charge in [-0.1, -0.05) is 0 Å². The van der Waals surface area contributed by atoms with Crippen molar-refractivity contribution < 1.29 is 9.47 Å². The summed E-state index contributed by atoms with van der Waals surface area (Å²) in [5, 5.41) is 8.20. The van der Waals surface area contributed by atoms with E-state index in [1.807, 2.05) is 6.92 Å². The lowest BCUT2D eigenvalue weighted by Crippen LogP contribution is -2.09. The Kier molecular flexibility index (Phi) is 6.14. The highest BCUT2D eigenvalue weighted by Crippen LogP contribution is 1.99. The van der Waals surface area contributed by atoms with Gasteiger partial charge in [-0.15, -0.1) is 0 Å². The van der Waals surface area contributed by atoms with E-state index in [1.54, 1.807) is 7.11 Å². The van der Waals surface area contributed by atoms with Crippen LogP contribution in [0.15, 0.2) is 0 Å². The summed E-state index contributed by atoms with van der Waals surface area (Å²) in [5.74, 6) is 0. The molecule has 0 aromatic rings. The van der Waals surface area contributed by atoms with Crippen molar-refractivity contribution in [3.63, 3.8) is 0 Å². The summed E-state index contributed by atoms with van der Waals surface area (Å²) in [7, 11) is 1.58. The monoisotopic (exact) mass is 143 g/mol. The van der Waals surface area contributed by atoms with Gasteiger partial charge in [0.25, 0.3) is 0 Å². The van der Waals surface area contributed by atoms with Crippen molar-refractivity contribution >= 4 is 0 Å². The zero-order valence-electron chi connectivity index (χ0n) is 6.46. The zero-order valence-corrected chi connectivity index (χ0v) is 6.46. The van der Waals surface area contributed by atoms with E-state index in [-0.39, 0.29) is 6.10 Å². The van der Waals surface area contributed by atoms with Crippen LogP contribution in [0.3, 0.4) is 0 Å². The minimum Gasteiger partial charge on any atom is -0.359 e. The van der Waals surface area contributed by atoms with Gasteiger partial charge in [-0.25, -0.2) is 0 Å². The third-order valence-electron chi connectivity index (χ3n) is 1.13. The Morgan fingerprint density at radius 1 is 1.60 bits per heavy atom. The highest BCUT2D eigenvalue weighted by Gasteiger charge is 1.99. The summed E-state index contributed by atoms with van der Waals surface area (Å²) in [6, 6.07) is 2.05. The standard InChI is InChI=1S/C7H13NO2/c1-7(4-3-5-8)10-6-9-2/h7H,3-4,6H2,1-2H3. The molecule has 3 nitrogen and oxygen atoms in total. The molecule has 1 unspecified atom stereocenters. The lowest BCUT2D eigenvalue weighted by atomic mass is 10.2. The summed E-state index contributed by atoms with van der Waals surface area (Å²) >= 11 is 0. The lowest BCUT2D eigenvalue weighted by molar-refractivity contribution is -0.0668. The van der Waals surface area contributed by atoms with Crippen LogP contribution in [0.1, 0.15) is 19.8 Å². The molecule has 0 saturated carbocycles. The second kappa shape index (κ2) is 6.53. The van der Waals surface area contributed by atoms with Crippen LogP contribution < -0.4 is 0 Å². The van der Waals surface area contributed by atoms with Crippen molar-refractivity contribution in [2.45, 2.75) is 25.9 Å². The molecule has 0 bridgehead atoms. The first-order valence-electron chi connectivity index (χ1n) is 3.28. The van der Waals surface area contributed by atoms with Gasteiger partial charge in [0.2, 0.25) is 0 Å². The molecule has 0 aliphatic rings. The summed E-state index contributed by atoms with van der Waals surface area (Å²) < 4.78 is 9.81. The Balaban J connectivity index is 3.10. The quantitative estimate of drug-likeness (QED) is 0.545. The van der Waals surface area contributed by atoms with Gasteiger partial charge in [-0.3, -0.25) is 0 Å². The molecular formula is C7H13NO2. The van der Waals surface area contributed by atoms with Crippen molar-refractivity contribution in [3.8, 4) is 6.07 Å². The molecule has 0 aliphatic carbocycles. The molecule has 0 N–H and O–H groups in total. The van der Waals surface area contributed by atoms with Crippen molar-refractivity contribution in [3.05, 3.63) is 0 Å². The summed E-state index contributed by atoms with van der Waals surface area (Å²) in [6.45, 7) is 2.24. The second-order valence-electron chi connectivity index (χ2n) is 2.08. The highest BCUT2D eigenvalue weighted by molar-refractivity contribution is 4.70. The van der Waals surface area contributed by atoms with E-state index in [0.717, 1.165) is 6.42 Å². The van der Waals surface area contributed by atoms with Crippen LogP contribution in [0.2, 0.25) is 0 Å². The Morgan fingerprint density at radius 3 is 2.80 bits per heavy atom. The van der Waals surface area contributed by atoms with Crippen molar-refractivity contribution in [1.29, 1.82) is 5.26 Å². The van der Waals surface area contributed by atoms with Crippen LogP contribution in [0, 0.1) is 11.3 Å². The van der Waals surface area contributed by atoms with Crippen LogP contribution in [0.25, 0.3) is 0 Å². The number of rotatable bonds is 5. The molecule has 0 radical (unpaired) electrons. The van der Waals surface area contributed by atoms with Gasteiger partial charge in [0.05, 0.1) is 12.2 Å². The van der Waals surface area contributed by atoms with E-state index in [2.05, 4.69) is 10.8 Å². The average molecular weight is 143 g/mol. The van der Waals surface area contributed by atoms with E-state index in [0.29, 0.717) is 13.2 Å². The third kappa shape index (κ3) is 5.54. The van der Waals surface area contributed by atoms with Crippen LogP contribution >= 0.6 is 0 Å². The van der Waals surface area contributed by atoms with Crippen LogP contribution in [-0.2, 0) is 9.47 Å².